The Labute approximate surface area is 134 Å². The van der Waals surface area contributed by atoms with Crippen LogP contribution in [-0.2, 0) is 10.0 Å². The number of hydrogen-bond acceptors (Lipinski definition) is 5. The van der Waals surface area contributed by atoms with Crippen molar-refractivity contribution in [1.82, 2.24) is 4.31 Å². The minimum absolute atomic E-state index is 0.119. The minimum atomic E-state index is -3.99. The third kappa shape index (κ3) is 3.24. The Balaban J connectivity index is 2.48. The van der Waals surface area contributed by atoms with Crippen molar-refractivity contribution in [2.24, 2.45) is 11.7 Å². The molecule has 0 saturated carbocycles. The second-order valence-electron chi connectivity index (χ2n) is 5.50. The number of benzene rings is 1. The van der Waals surface area contributed by atoms with E-state index in [1.54, 1.807) is 0 Å². The van der Waals surface area contributed by atoms with Gasteiger partial charge in [0.15, 0.2) is 4.90 Å². The van der Waals surface area contributed by atoms with Crippen LogP contribution in [0.5, 0.6) is 0 Å². The van der Waals surface area contributed by atoms with Crippen LogP contribution in [0.25, 0.3) is 0 Å². The Morgan fingerprint density at radius 3 is 2.77 bits per heavy atom. The lowest BCUT2D eigenvalue weighted by molar-refractivity contribution is -0.387. The molecule has 7 nitrogen and oxygen atoms in total. The topological polar surface area (TPSA) is 107 Å². The first-order valence-corrected chi connectivity index (χ1v) is 8.75. The van der Waals surface area contributed by atoms with Crippen molar-refractivity contribution in [3.8, 4) is 0 Å². The third-order valence-corrected chi connectivity index (χ3v) is 6.13. The molecule has 2 unspecified atom stereocenters. The van der Waals surface area contributed by atoms with E-state index in [2.05, 4.69) is 0 Å². The average Bonchev–Trinajstić information content (AvgIpc) is 2.46. The minimum Gasteiger partial charge on any atom is -0.329 e. The summed E-state index contributed by atoms with van der Waals surface area (Å²) in [4.78, 5) is 10.1. The van der Waals surface area contributed by atoms with Crippen LogP contribution in [0.15, 0.2) is 23.1 Å². The van der Waals surface area contributed by atoms with E-state index in [-0.39, 0.29) is 22.5 Å². The molecule has 0 amide bonds. The Hall–Kier alpha value is -1.22. The van der Waals surface area contributed by atoms with E-state index in [0.29, 0.717) is 25.3 Å². The van der Waals surface area contributed by atoms with Gasteiger partial charge in [0.2, 0.25) is 10.0 Å². The normalized spacial score (nSPS) is 23.4. The summed E-state index contributed by atoms with van der Waals surface area (Å²) in [6.07, 6.45) is 1.36. The predicted molar refractivity (Wildman–Crippen MR) is 83.2 cm³/mol. The number of sulfonamides is 1. The van der Waals surface area contributed by atoms with Gasteiger partial charge in [-0.05, 0) is 30.9 Å². The van der Waals surface area contributed by atoms with Gasteiger partial charge in [-0.25, -0.2) is 8.42 Å². The van der Waals surface area contributed by atoms with Crippen molar-refractivity contribution >= 4 is 27.3 Å². The van der Waals surface area contributed by atoms with Crippen LogP contribution in [0.2, 0.25) is 5.02 Å². The molecule has 1 aliphatic heterocycles. The third-order valence-electron chi connectivity index (χ3n) is 3.90. The molecule has 0 spiro atoms. The highest BCUT2D eigenvalue weighted by Crippen LogP contribution is 2.33. The van der Waals surface area contributed by atoms with Crippen LogP contribution in [0.3, 0.4) is 0 Å². The highest BCUT2D eigenvalue weighted by molar-refractivity contribution is 7.89. The fourth-order valence-electron chi connectivity index (χ4n) is 2.74. The van der Waals surface area contributed by atoms with Gasteiger partial charge in [-0.15, -0.1) is 0 Å². The Kier molecular flexibility index (Phi) is 5.06. The van der Waals surface area contributed by atoms with Gasteiger partial charge >= 0.3 is 0 Å². The number of nitro benzene ring substituents is 1. The number of nitrogens with zero attached hydrogens (tertiary/aromatic N) is 2. The van der Waals surface area contributed by atoms with Gasteiger partial charge in [-0.2, -0.15) is 4.31 Å². The average molecular weight is 348 g/mol. The fraction of sp³-hybridized carbons (Fsp3) is 0.538. The molecule has 1 aromatic rings. The molecular weight excluding hydrogens is 330 g/mol. The zero-order valence-corrected chi connectivity index (χ0v) is 13.7. The zero-order chi connectivity index (χ0) is 16.5. The lowest BCUT2D eigenvalue weighted by Gasteiger charge is -2.36. The number of rotatable bonds is 4. The van der Waals surface area contributed by atoms with Gasteiger partial charge in [-0.1, -0.05) is 18.5 Å². The van der Waals surface area contributed by atoms with Crippen molar-refractivity contribution in [3.05, 3.63) is 33.3 Å². The first-order valence-electron chi connectivity index (χ1n) is 6.93. The van der Waals surface area contributed by atoms with E-state index in [1.165, 1.54) is 16.4 Å². The van der Waals surface area contributed by atoms with E-state index in [1.807, 2.05) is 6.92 Å². The molecule has 2 N–H and O–H groups in total. The van der Waals surface area contributed by atoms with E-state index in [9.17, 15) is 18.5 Å². The number of hydrogen-bond donors (Lipinski definition) is 1. The Morgan fingerprint density at radius 1 is 1.50 bits per heavy atom. The summed E-state index contributed by atoms with van der Waals surface area (Å²) in [5, 5.41) is 11.3. The highest BCUT2D eigenvalue weighted by atomic mass is 35.5. The predicted octanol–water partition coefficient (Wildman–Crippen LogP) is 2.00. The van der Waals surface area contributed by atoms with Crippen molar-refractivity contribution in [3.63, 3.8) is 0 Å². The summed E-state index contributed by atoms with van der Waals surface area (Å²) in [6, 6.07) is 3.23. The molecule has 1 aromatic carbocycles. The number of piperidine rings is 1. The summed E-state index contributed by atoms with van der Waals surface area (Å²) >= 11 is 5.74. The van der Waals surface area contributed by atoms with E-state index < -0.39 is 20.6 Å². The molecule has 1 saturated heterocycles. The zero-order valence-electron chi connectivity index (χ0n) is 12.1. The van der Waals surface area contributed by atoms with Crippen molar-refractivity contribution in [2.45, 2.75) is 30.7 Å². The summed E-state index contributed by atoms with van der Waals surface area (Å²) in [5.74, 6) is 0.375. The van der Waals surface area contributed by atoms with Gasteiger partial charge in [0.1, 0.15) is 0 Å². The van der Waals surface area contributed by atoms with Crippen LogP contribution >= 0.6 is 11.6 Å². The molecule has 0 radical (unpaired) electrons. The Morgan fingerprint density at radius 2 is 2.18 bits per heavy atom. The summed E-state index contributed by atoms with van der Waals surface area (Å²) in [5.41, 5.74) is 5.18. The lowest BCUT2D eigenvalue weighted by atomic mass is 9.94. The molecule has 122 valence electrons. The first kappa shape index (κ1) is 17.1. The molecule has 22 heavy (non-hydrogen) atoms. The quantitative estimate of drug-likeness (QED) is 0.662. The molecule has 1 heterocycles. The van der Waals surface area contributed by atoms with Crippen LogP contribution < -0.4 is 5.73 Å². The maximum absolute atomic E-state index is 12.8. The van der Waals surface area contributed by atoms with Crippen molar-refractivity contribution in [1.29, 1.82) is 0 Å². The molecule has 0 bridgehead atoms. The summed E-state index contributed by atoms with van der Waals surface area (Å²) < 4.78 is 26.9. The van der Waals surface area contributed by atoms with Crippen molar-refractivity contribution in [2.75, 3.05) is 13.1 Å². The van der Waals surface area contributed by atoms with Crippen molar-refractivity contribution < 1.29 is 13.3 Å². The second-order valence-corrected chi connectivity index (χ2v) is 7.80. The van der Waals surface area contributed by atoms with Gasteiger partial charge in [0, 0.05) is 30.2 Å². The molecule has 1 aliphatic rings. The standard InChI is InChI=1S/C13H18ClN3O4S/c1-9-4-5-16(11(6-9)8-15)22(20,21)13-3-2-10(14)7-12(13)17(18)19/h2-3,7,9,11H,4-6,8,15H2,1H3. The van der Waals surface area contributed by atoms with Crippen LogP contribution in [0, 0.1) is 16.0 Å². The maximum Gasteiger partial charge on any atom is 0.290 e. The molecule has 9 heteroatoms. The summed E-state index contributed by atoms with van der Waals surface area (Å²) in [6.45, 7) is 2.54. The fourth-order valence-corrected chi connectivity index (χ4v) is 4.71. The largest absolute Gasteiger partial charge is 0.329 e. The number of nitrogens with two attached hydrogens (primary N) is 1. The van der Waals surface area contributed by atoms with Gasteiger partial charge in [0.25, 0.3) is 5.69 Å². The van der Waals surface area contributed by atoms with E-state index >= 15 is 0 Å². The van der Waals surface area contributed by atoms with Crippen LogP contribution in [0.1, 0.15) is 19.8 Å². The molecule has 2 rings (SSSR count). The smallest absolute Gasteiger partial charge is 0.290 e. The molecule has 1 fully saturated rings. The molecule has 0 aromatic heterocycles. The van der Waals surface area contributed by atoms with Gasteiger partial charge in [-0.3, -0.25) is 10.1 Å². The van der Waals surface area contributed by atoms with Gasteiger partial charge < -0.3 is 5.73 Å². The lowest BCUT2D eigenvalue weighted by Crippen LogP contribution is -2.49. The summed E-state index contributed by atoms with van der Waals surface area (Å²) in [7, 11) is -3.99. The van der Waals surface area contributed by atoms with E-state index in [0.717, 1.165) is 6.07 Å². The van der Waals surface area contributed by atoms with Gasteiger partial charge in [0.05, 0.1) is 4.92 Å². The number of halogens is 1. The SMILES string of the molecule is CC1CCN(S(=O)(=O)c2ccc(Cl)cc2[N+](=O)[O-])C(CN)C1. The molecular formula is C13H18ClN3O4S. The molecule has 0 aliphatic carbocycles. The molecule has 2 atom stereocenters. The van der Waals surface area contributed by atoms with Crippen LogP contribution in [-0.4, -0.2) is 36.8 Å². The second kappa shape index (κ2) is 6.49. The number of nitro groups is 1. The van der Waals surface area contributed by atoms with Crippen LogP contribution in [0.4, 0.5) is 5.69 Å². The maximum atomic E-state index is 12.8. The monoisotopic (exact) mass is 347 g/mol. The Bertz CT molecular complexity index is 680. The van der Waals surface area contributed by atoms with E-state index in [4.69, 9.17) is 17.3 Å². The highest BCUT2D eigenvalue weighted by Gasteiger charge is 2.38. The first-order chi connectivity index (χ1) is 10.3.